The molecule has 1 amide bonds. The molecule has 3 N–H and O–H groups in total. The van der Waals surface area contributed by atoms with Crippen molar-refractivity contribution in [3.05, 3.63) is 60.4 Å². The number of hydrogen-bond donors (Lipinski definition) is 2. The average Bonchev–Trinajstić information content (AvgIpc) is 2.48. The van der Waals surface area contributed by atoms with Gasteiger partial charge in [-0.25, -0.2) is 4.98 Å². The van der Waals surface area contributed by atoms with Crippen molar-refractivity contribution in [1.29, 1.82) is 0 Å². The minimum absolute atomic E-state index is 0.228. The van der Waals surface area contributed by atoms with Crippen molar-refractivity contribution in [1.82, 2.24) is 9.97 Å². The van der Waals surface area contributed by atoms with Gasteiger partial charge in [-0.2, -0.15) is 0 Å². The van der Waals surface area contributed by atoms with Crippen LogP contribution >= 0.6 is 0 Å². The number of fused-ring (bicyclic) bond motifs is 1. The van der Waals surface area contributed by atoms with Crippen LogP contribution in [0.4, 0.5) is 11.5 Å². The molecular weight excluding hydrogens is 252 g/mol. The second-order valence-electron chi connectivity index (χ2n) is 4.30. The number of benzene rings is 1. The van der Waals surface area contributed by atoms with Gasteiger partial charge in [0, 0.05) is 17.8 Å². The maximum atomic E-state index is 12.2. The molecule has 0 fully saturated rings. The van der Waals surface area contributed by atoms with Crippen molar-refractivity contribution in [2.45, 2.75) is 0 Å². The van der Waals surface area contributed by atoms with E-state index >= 15 is 0 Å². The Morgan fingerprint density at radius 3 is 2.75 bits per heavy atom. The summed E-state index contributed by atoms with van der Waals surface area (Å²) in [6, 6.07) is 12.6. The molecule has 20 heavy (non-hydrogen) atoms. The van der Waals surface area contributed by atoms with Crippen LogP contribution < -0.4 is 11.1 Å². The Morgan fingerprint density at radius 2 is 1.95 bits per heavy atom. The third-order valence-corrected chi connectivity index (χ3v) is 2.94. The molecule has 2 aromatic heterocycles. The first kappa shape index (κ1) is 12.1. The summed E-state index contributed by atoms with van der Waals surface area (Å²) in [6.45, 7) is 0. The number of pyridine rings is 2. The van der Waals surface area contributed by atoms with Crippen molar-refractivity contribution in [3.8, 4) is 0 Å². The number of amides is 1. The van der Waals surface area contributed by atoms with Gasteiger partial charge in [-0.15, -0.1) is 0 Å². The Balaban J connectivity index is 1.93. The van der Waals surface area contributed by atoms with E-state index in [0.29, 0.717) is 11.4 Å². The van der Waals surface area contributed by atoms with E-state index in [-0.39, 0.29) is 5.91 Å². The lowest BCUT2D eigenvalue weighted by molar-refractivity contribution is 0.102. The smallest absolute Gasteiger partial charge is 0.257 e. The quantitative estimate of drug-likeness (QED) is 0.745. The number of nitrogens with one attached hydrogen (secondary N) is 1. The highest BCUT2D eigenvalue weighted by Crippen LogP contribution is 2.21. The van der Waals surface area contributed by atoms with Crippen LogP contribution in [0.3, 0.4) is 0 Å². The number of nitrogens with zero attached hydrogens (tertiary/aromatic N) is 2. The number of carbonyl (C=O) groups is 1. The zero-order chi connectivity index (χ0) is 13.9. The Hall–Kier alpha value is -2.95. The van der Waals surface area contributed by atoms with Gasteiger partial charge in [0.2, 0.25) is 0 Å². The molecule has 3 rings (SSSR count). The number of nitrogens with two attached hydrogens (primary N) is 1. The zero-order valence-electron chi connectivity index (χ0n) is 10.6. The number of carbonyl (C=O) groups excluding carboxylic acids is 1. The van der Waals surface area contributed by atoms with Crippen LogP contribution in [-0.4, -0.2) is 15.9 Å². The summed E-state index contributed by atoms with van der Waals surface area (Å²) in [5.74, 6) is 0.157. The van der Waals surface area contributed by atoms with Crippen LogP contribution in [0.2, 0.25) is 0 Å². The highest BCUT2D eigenvalue weighted by molar-refractivity contribution is 6.08. The van der Waals surface area contributed by atoms with E-state index < -0.39 is 0 Å². The van der Waals surface area contributed by atoms with Crippen LogP contribution in [-0.2, 0) is 0 Å². The Bertz CT molecular complexity index is 763. The van der Waals surface area contributed by atoms with E-state index in [1.807, 2.05) is 30.3 Å². The van der Waals surface area contributed by atoms with Crippen LogP contribution in [0, 0.1) is 0 Å². The summed E-state index contributed by atoms with van der Waals surface area (Å²) in [6.07, 6.45) is 3.17. The summed E-state index contributed by atoms with van der Waals surface area (Å²) in [5.41, 5.74) is 7.51. The molecule has 0 saturated carbocycles. The molecule has 1 aromatic carbocycles. The van der Waals surface area contributed by atoms with Crippen LogP contribution in [0.1, 0.15) is 10.4 Å². The van der Waals surface area contributed by atoms with E-state index in [1.54, 1.807) is 18.3 Å². The summed E-state index contributed by atoms with van der Waals surface area (Å²) in [7, 11) is 0. The third kappa shape index (κ3) is 2.29. The SMILES string of the molecule is Nc1ccc(C(=O)Nc2cccc3ncccc23)cn1. The van der Waals surface area contributed by atoms with E-state index in [0.717, 1.165) is 16.6 Å². The minimum atomic E-state index is -0.228. The van der Waals surface area contributed by atoms with Gasteiger partial charge in [0.1, 0.15) is 5.82 Å². The largest absolute Gasteiger partial charge is 0.384 e. The summed E-state index contributed by atoms with van der Waals surface area (Å²) in [5, 5.41) is 3.76. The minimum Gasteiger partial charge on any atom is -0.384 e. The topological polar surface area (TPSA) is 80.9 Å². The Kier molecular flexibility index (Phi) is 3.01. The van der Waals surface area contributed by atoms with E-state index in [4.69, 9.17) is 5.73 Å². The molecule has 0 spiro atoms. The fourth-order valence-electron chi connectivity index (χ4n) is 1.95. The number of anilines is 2. The summed E-state index contributed by atoms with van der Waals surface area (Å²) in [4.78, 5) is 20.3. The van der Waals surface area contributed by atoms with Gasteiger partial charge < -0.3 is 11.1 Å². The first-order chi connectivity index (χ1) is 9.74. The molecular formula is C15H12N4O. The normalized spacial score (nSPS) is 10.4. The van der Waals surface area contributed by atoms with Crippen molar-refractivity contribution in [2.24, 2.45) is 0 Å². The molecule has 5 heteroatoms. The zero-order valence-corrected chi connectivity index (χ0v) is 10.6. The lowest BCUT2D eigenvalue weighted by Gasteiger charge is -2.08. The molecule has 0 radical (unpaired) electrons. The van der Waals surface area contributed by atoms with Crippen LogP contribution in [0.15, 0.2) is 54.9 Å². The number of rotatable bonds is 2. The number of hydrogen-bond acceptors (Lipinski definition) is 4. The van der Waals surface area contributed by atoms with E-state index in [9.17, 15) is 4.79 Å². The lowest BCUT2D eigenvalue weighted by Crippen LogP contribution is -2.12. The van der Waals surface area contributed by atoms with Crippen LogP contribution in [0.5, 0.6) is 0 Å². The van der Waals surface area contributed by atoms with Crippen LogP contribution in [0.25, 0.3) is 10.9 Å². The monoisotopic (exact) mass is 264 g/mol. The first-order valence-corrected chi connectivity index (χ1v) is 6.11. The third-order valence-electron chi connectivity index (χ3n) is 2.94. The second-order valence-corrected chi connectivity index (χ2v) is 4.30. The van der Waals surface area contributed by atoms with Gasteiger partial charge in [-0.05, 0) is 36.4 Å². The lowest BCUT2D eigenvalue weighted by atomic mass is 10.1. The van der Waals surface area contributed by atoms with E-state index in [2.05, 4.69) is 15.3 Å². The van der Waals surface area contributed by atoms with Gasteiger partial charge in [0.15, 0.2) is 0 Å². The van der Waals surface area contributed by atoms with Crippen molar-refractivity contribution < 1.29 is 4.79 Å². The molecule has 0 atom stereocenters. The maximum absolute atomic E-state index is 12.2. The molecule has 0 aliphatic carbocycles. The van der Waals surface area contributed by atoms with Crippen molar-refractivity contribution in [2.75, 3.05) is 11.1 Å². The van der Waals surface area contributed by atoms with E-state index in [1.165, 1.54) is 6.20 Å². The van der Waals surface area contributed by atoms with Gasteiger partial charge in [-0.1, -0.05) is 6.07 Å². The Morgan fingerprint density at radius 1 is 1.05 bits per heavy atom. The molecule has 2 heterocycles. The van der Waals surface area contributed by atoms with Gasteiger partial charge in [0.05, 0.1) is 16.8 Å². The highest BCUT2D eigenvalue weighted by atomic mass is 16.1. The summed E-state index contributed by atoms with van der Waals surface area (Å²) >= 11 is 0. The maximum Gasteiger partial charge on any atom is 0.257 e. The molecule has 0 saturated heterocycles. The standard InChI is InChI=1S/C15H12N4O/c16-14-7-6-10(9-18-14)15(20)19-13-5-1-4-12-11(13)3-2-8-17-12/h1-9H,(H2,16,18)(H,19,20). The molecule has 0 unspecified atom stereocenters. The second kappa shape index (κ2) is 4.97. The van der Waals surface area contributed by atoms with Crippen molar-refractivity contribution >= 4 is 28.3 Å². The molecule has 0 bridgehead atoms. The highest BCUT2D eigenvalue weighted by Gasteiger charge is 2.08. The predicted molar refractivity (Wildman–Crippen MR) is 78.3 cm³/mol. The van der Waals surface area contributed by atoms with Crippen molar-refractivity contribution in [3.63, 3.8) is 0 Å². The fraction of sp³-hybridized carbons (Fsp3) is 0. The Labute approximate surface area is 115 Å². The molecule has 0 aliphatic rings. The summed E-state index contributed by atoms with van der Waals surface area (Å²) < 4.78 is 0. The predicted octanol–water partition coefficient (Wildman–Crippen LogP) is 2.46. The molecule has 3 aromatic rings. The van der Waals surface area contributed by atoms with Gasteiger partial charge in [0.25, 0.3) is 5.91 Å². The fourth-order valence-corrected chi connectivity index (χ4v) is 1.95. The molecule has 0 aliphatic heterocycles. The molecule has 98 valence electrons. The first-order valence-electron chi connectivity index (χ1n) is 6.11. The number of aromatic nitrogens is 2. The van der Waals surface area contributed by atoms with Gasteiger partial charge in [-0.3, -0.25) is 9.78 Å². The number of nitrogen functional groups attached to an aromatic ring is 1. The van der Waals surface area contributed by atoms with Gasteiger partial charge >= 0.3 is 0 Å². The average molecular weight is 264 g/mol. The molecule has 5 nitrogen and oxygen atoms in total.